The molecule has 0 nitrogen and oxygen atoms in total. The minimum absolute atomic E-state index is 0.151. The molecule has 0 atom stereocenters. The van der Waals surface area contributed by atoms with E-state index in [0.29, 0.717) is 0 Å². The van der Waals surface area contributed by atoms with E-state index >= 15 is 0 Å². The van der Waals surface area contributed by atoms with Crippen LogP contribution in [0.2, 0.25) is 0 Å². The van der Waals surface area contributed by atoms with Crippen molar-refractivity contribution in [2.75, 3.05) is 0 Å². The van der Waals surface area contributed by atoms with Crippen LogP contribution in [0, 0.1) is 12.1 Å². The highest BCUT2D eigenvalue weighted by atomic mass is 14.5. The number of allylic oxidation sites excluding steroid dienone is 4. The Morgan fingerprint density at radius 1 is 0.528 bits per heavy atom. The average molecular weight is 463 g/mol. The Morgan fingerprint density at radius 3 is 1.28 bits per heavy atom. The first-order valence-electron chi connectivity index (χ1n) is 12.7. The van der Waals surface area contributed by atoms with Crippen LogP contribution in [0.15, 0.2) is 111 Å². The topological polar surface area (TPSA) is 0 Å². The lowest BCUT2D eigenvalue weighted by Crippen LogP contribution is -2.24. The molecular formula is C36H30. The maximum absolute atomic E-state index is 4.12. The monoisotopic (exact) mass is 462 g/mol. The summed E-state index contributed by atoms with van der Waals surface area (Å²) in [6.45, 7) is 16.5. The summed E-state index contributed by atoms with van der Waals surface area (Å²) in [6, 6.07) is 29.1. The summed E-state index contributed by atoms with van der Waals surface area (Å²) in [5.41, 5.74) is 10.3. The van der Waals surface area contributed by atoms with E-state index in [-0.39, 0.29) is 10.8 Å². The van der Waals surface area contributed by atoms with Gasteiger partial charge in [-0.1, -0.05) is 48.6 Å². The second kappa shape index (κ2) is 8.35. The first-order valence-corrected chi connectivity index (χ1v) is 12.7. The second-order valence-electron chi connectivity index (χ2n) is 10.2. The van der Waals surface area contributed by atoms with Gasteiger partial charge in [0.15, 0.2) is 0 Å². The molecular weight excluding hydrogens is 432 g/mol. The van der Waals surface area contributed by atoms with E-state index in [1.54, 1.807) is 0 Å². The summed E-state index contributed by atoms with van der Waals surface area (Å²) >= 11 is 0. The van der Waals surface area contributed by atoms with E-state index in [4.69, 9.17) is 0 Å². The van der Waals surface area contributed by atoms with Crippen molar-refractivity contribution in [3.8, 4) is 22.3 Å². The molecule has 4 aromatic rings. The summed E-state index contributed by atoms with van der Waals surface area (Å²) in [7, 11) is 0. The quantitative estimate of drug-likeness (QED) is 0.229. The van der Waals surface area contributed by atoms with Gasteiger partial charge in [0, 0.05) is 10.8 Å². The lowest BCUT2D eigenvalue weighted by Gasteiger charge is -2.31. The molecule has 0 spiro atoms. The maximum Gasteiger partial charge on any atom is 0.0284 e. The molecule has 0 heteroatoms. The van der Waals surface area contributed by atoms with Crippen molar-refractivity contribution < 1.29 is 0 Å². The Balaban J connectivity index is 1.68. The zero-order valence-electron chi connectivity index (χ0n) is 20.7. The molecule has 2 aliphatic carbocycles. The summed E-state index contributed by atoms with van der Waals surface area (Å²) in [4.78, 5) is 0. The second-order valence-corrected chi connectivity index (χ2v) is 10.2. The molecule has 0 bridgehead atoms. The highest BCUT2D eigenvalue weighted by Crippen LogP contribution is 2.57. The van der Waals surface area contributed by atoms with Gasteiger partial charge < -0.3 is 0 Å². The van der Waals surface area contributed by atoms with E-state index in [1.807, 2.05) is 36.4 Å². The fraction of sp³-hybridized carbons (Fsp3) is 0.167. The average Bonchev–Trinajstić information content (AvgIpc) is 3.30. The van der Waals surface area contributed by atoms with Crippen LogP contribution in [0.3, 0.4) is 0 Å². The lowest BCUT2D eigenvalue weighted by molar-refractivity contribution is 0.543. The van der Waals surface area contributed by atoms with Gasteiger partial charge in [-0.25, -0.2) is 0 Å². The molecule has 6 rings (SSSR count). The number of hydrogen-bond acceptors (Lipinski definition) is 0. The van der Waals surface area contributed by atoms with Crippen molar-refractivity contribution in [1.82, 2.24) is 0 Å². The number of hydrogen-bond donors (Lipinski definition) is 0. The van der Waals surface area contributed by atoms with Gasteiger partial charge >= 0.3 is 0 Å². The van der Waals surface area contributed by atoms with Gasteiger partial charge in [-0.2, -0.15) is 0 Å². The van der Waals surface area contributed by atoms with Crippen molar-refractivity contribution in [3.63, 3.8) is 0 Å². The number of rotatable bonds is 8. The third kappa shape index (κ3) is 2.88. The Labute approximate surface area is 215 Å². The SMILES string of the molecule is C=CCC1(CC=C)c2c[c]ccc2-c2cc3cc4c(cc3cc21)-c1cc[c]cc1C4(CC=C)CC=C. The van der Waals surface area contributed by atoms with Gasteiger partial charge in [0.05, 0.1) is 0 Å². The zero-order chi connectivity index (χ0) is 24.9. The number of fused-ring (bicyclic) bond motifs is 7. The molecule has 36 heavy (non-hydrogen) atoms. The van der Waals surface area contributed by atoms with Crippen LogP contribution in [0.25, 0.3) is 33.0 Å². The van der Waals surface area contributed by atoms with Gasteiger partial charge in [-0.3, -0.25) is 0 Å². The normalized spacial score (nSPS) is 15.4. The Hall–Kier alpha value is -3.90. The highest BCUT2D eigenvalue weighted by Gasteiger charge is 2.43. The molecule has 0 unspecified atom stereocenters. The Morgan fingerprint density at radius 2 is 0.917 bits per heavy atom. The molecule has 0 fully saturated rings. The van der Waals surface area contributed by atoms with Crippen LogP contribution < -0.4 is 0 Å². The van der Waals surface area contributed by atoms with Gasteiger partial charge in [-0.05, 0) is 129 Å². The van der Waals surface area contributed by atoms with Crippen molar-refractivity contribution in [1.29, 1.82) is 0 Å². The molecule has 0 saturated carbocycles. The smallest absolute Gasteiger partial charge is 0.0284 e. The summed E-state index contributed by atoms with van der Waals surface area (Å²) in [6.07, 6.45) is 11.7. The lowest BCUT2D eigenvalue weighted by atomic mass is 9.71. The van der Waals surface area contributed by atoms with Gasteiger partial charge in [0.1, 0.15) is 0 Å². The minimum atomic E-state index is -0.151. The first kappa shape index (κ1) is 22.6. The first-order chi connectivity index (χ1) is 17.6. The molecule has 4 aromatic carbocycles. The van der Waals surface area contributed by atoms with Crippen molar-refractivity contribution >= 4 is 10.8 Å². The maximum atomic E-state index is 4.12. The van der Waals surface area contributed by atoms with E-state index in [0.717, 1.165) is 25.7 Å². The minimum Gasteiger partial charge on any atom is -0.103 e. The molecule has 0 saturated heterocycles. The van der Waals surface area contributed by atoms with Gasteiger partial charge in [-0.15, -0.1) is 26.3 Å². The standard InChI is InChI=1S/C36H30/c1-5-17-35(18-6-2)31-15-11-9-13-27(31)29-21-26-24-34-30(22-25(26)23-33(29)35)28-14-10-12-16-32(28)36(34,19-7-3)20-8-4/h5-10,13-16,21-24H,1-4,17-20H2. The van der Waals surface area contributed by atoms with E-state index in [9.17, 15) is 0 Å². The van der Waals surface area contributed by atoms with Crippen molar-refractivity contribution in [2.24, 2.45) is 0 Å². The van der Waals surface area contributed by atoms with Crippen LogP contribution in [0.5, 0.6) is 0 Å². The summed E-state index contributed by atoms with van der Waals surface area (Å²) in [5, 5.41) is 2.54. The Kier molecular flexibility index (Phi) is 5.23. The molecule has 0 aliphatic heterocycles. The van der Waals surface area contributed by atoms with Crippen LogP contribution >= 0.6 is 0 Å². The fourth-order valence-corrected chi connectivity index (χ4v) is 7.03. The van der Waals surface area contributed by atoms with Crippen LogP contribution in [0.1, 0.15) is 47.9 Å². The third-order valence-corrected chi connectivity index (χ3v) is 8.45. The summed E-state index contributed by atoms with van der Waals surface area (Å²) in [5.74, 6) is 0. The molecule has 2 aliphatic rings. The Bertz CT molecular complexity index is 1420. The third-order valence-electron chi connectivity index (χ3n) is 8.45. The highest BCUT2D eigenvalue weighted by molar-refractivity contribution is 5.98. The molecule has 0 aromatic heterocycles. The molecule has 174 valence electrons. The van der Waals surface area contributed by atoms with Crippen molar-refractivity contribution in [3.05, 3.63) is 146 Å². The molecule has 2 radical (unpaired) electrons. The van der Waals surface area contributed by atoms with E-state index in [2.05, 4.69) is 87.0 Å². The molecule has 0 amide bonds. The molecule has 0 heterocycles. The van der Waals surface area contributed by atoms with E-state index < -0.39 is 0 Å². The van der Waals surface area contributed by atoms with Gasteiger partial charge in [0.2, 0.25) is 0 Å². The largest absolute Gasteiger partial charge is 0.103 e. The van der Waals surface area contributed by atoms with Gasteiger partial charge in [0.25, 0.3) is 0 Å². The number of benzene rings is 4. The van der Waals surface area contributed by atoms with Crippen LogP contribution in [0.4, 0.5) is 0 Å². The summed E-state index contributed by atoms with van der Waals surface area (Å²) < 4.78 is 0. The predicted molar refractivity (Wildman–Crippen MR) is 153 cm³/mol. The van der Waals surface area contributed by atoms with Crippen LogP contribution in [-0.4, -0.2) is 0 Å². The zero-order valence-corrected chi connectivity index (χ0v) is 20.7. The van der Waals surface area contributed by atoms with E-state index in [1.165, 1.54) is 55.3 Å². The molecule has 0 N–H and O–H groups in total. The van der Waals surface area contributed by atoms with Crippen LogP contribution in [-0.2, 0) is 10.8 Å². The fourth-order valence-electron chi connectivity index (χ4n) is 7.03. The predicted octanol–water partition coefficient (Wildman–Crippen LogP) is 9.28. The van der Waals surface area contributed by atoms with Crippen molar-refractivity contribution in [2.45, 2.75) is 36.5 Å².